The lowest BCUT2D eigenvalue weighted by molar-refractivity contribution is 0.0562. The summed E-state index contributed by atoms with van der Waals surface area (Å²) in [7, 11) is 1.26. The molecule has 0 aliphatic heterocycles. The summed E-state index contributed by atoms with van der Waals surface area (Å²) in [6, 6.07) is 2.95. The quantitative estimate of drug-likeness (QED) is 0.565. The van der Waals surface area contributed by atoms with E-state index in [9.17, 15) is 9.59 Å². The Morgan fingerprint density at radius 3 is 2.53 bits per heavy atom. The van der Waals surface area contributed by atoms with Crippen molar-refractivity contribution in [3.05, 3.63) is 23.7 Å². The number of hydrogen-bond acceptors (Lipinski definition) is 4. The molecule has 0 bridgehead atoms. The molecule has 0 amide bonds. The average Bonchev–Trinajstić information content (AvgIpc) is 2.75. The highest BCUT2D eigenvalue weighted by Gasteiger charge is 2.19. The van der Waals surface area contributed by atoms with Gasteiger partial charge in [-0.05, 0) is 18.6 Å². The second-order valence-electron chi connectivity index (χ2n) is 3.33. The molecule has 1 aromatic rings. The van der Waals surface area contributed by atoms with E-state index in [0.29, 0.717) is 0 Å². The molecule has 0 aromatic carbocycles. The molecule has 1 aromatic heterocycles. The summed E-state index contributed by atoms with van der Waals surface area (Å²) in [6.07, 6.45) is 0.743. The minimum atomic E-state index is -0.571. The number of rotatable bonds is 4. The van der Waals surface area contributed by atoms with E-state index in [2.05, 4.69) is 4.74 Å². The number of ether oxygens (including phenoxy) is 1. The number of esters is 1. The first-order valence-corrected chi connectivity index (χ1v) is 4.82. The number of Topliss-reactive ketones (excluding diaryl/α,β-unsaturated/α-hetero) is 1. The van der Waals surface area contributed by atoms with E-state index in [-0.39, 0.29) is 23.2 Å². The summed E-state index contributed by atoms with van der Waals surface area (Å²) >= 11 is 0. The van der Waals surface area contributed by atoms with E-state index in [1.165, 1.54) is 19.2 Å². The zero-order chi connectivity index (χ0) is 11.4. The van der Waals surface area contributed by atoms with Crippen molar-refractivity contribution in [1.82, 2.24) is 0 Å². The highest BCUT2D eigenvalue weighted by atomic mass is 16.5. The standard InChI is InChI=1S/C11H14O4/c1-4-7(2)10(12)8-5-6-9(15-8)11(13)14-3/h5-7H,4H2,1-3H3. The molecule has 1 unspecified atom stereocenters. The predicted octanol–water partition coefficient (Wildman–Crippen LogP) is 2.29. The lowest BCUT2D eigenvalue weighted by Crippen LogP contribution is -2.09. The molecular weight excluding hydrogens is 196 g/mol. The first kappa shape index (κ1) is 11.5. The Bertz CT molecular complexity index is 364. The normalized spacial score (nSPS) is 12.2. The summed E-state index contributed by atoms with van der Waals surface area (Å²) in [5.74, 6) is -0.485. The van der Waals surface area contributed by atoms with E-state index in [0.717, 1.165) is 6.42 Å². The molecule has 82 valence electrons. The van der Waals surface area contributed by atoms with Crippen LogP contribution in [0.15, 0.2) is 16.5 Å². The Kier molecular flexibility index (Phi) is 3.66. The minimum Gasteiger partial charge on any atom is -0.463 e. The SMILES string of the molecule is CCC(C)C(=O)c1ccc(C(=O)OC)o1. The van der Waals surface area contributed by atoms with Crippen molar-refractivity contribution in [1.29, 1.82) is 0 Å². The van der Waals surface area contributed by atoms with Gasteiger partial charge in [0.2, 0.25) is 11.5 Å². The zero-order valence-corrected chi connectivity index (χ0v) is 9.07. The highest BCUT2D eigenvalue weighted by molar-refractivity contribution is 5.96. The van der Waals surface area contributed by atoms with Crippen molar-refractivity contribution in [2.75, 3.05) is 7.11 Å². The number of ketones is 1. The van der Waals surface area contributed by atoms with Crippen LogP contribution in [0.3, 0.4) is 0 Å². The Morgan fingerprint density at radius 2 is 2.00 bits per heavy atom. The smallest absolute Gasteiger partial charge is 0.373 e. The lowest BCUT2D eigenvalue weighted by atomic mass is 10.0. The van der Waals surface area contributed by atoms with E-state index in [1.54, 1.807) is 0 Å². The Hall–Kier alpha value is -1.58. The fourth-order valence-electron chi connectivity index (χ4n) is 1.11. The van der Waals surface area contributed by atoms with Crippen molar-refractivity contribution >= 4 is 11.8 Å². The van der Waals surface area contributed by atoms with E-state index in [4.69, 9.17) is 4.42 Å². The van der Waals surface area contributed by atoms with Crippen molar-refractivity contribution in [2.24, 2.45) is 5.92 Å². The van der Waals surface area contributed by atoms with Gasteiger partial charge in [-0.15, -0.1) is 0 Å². The maximum atomic E-state index is 11.7. The van der Waals surface area contributed by atoms with Crippen LogP contribution >= 0.6 is 0 Å². The predicted molar refractivity (Wildman–Crippen MR) is 53.8 cm³/mol. The number of hydrogen-bond donors (Lipinski definition) is 0. The topological polar surface area (TPSA) is 56.5 Å². The molecular formula is C11H14O4. The van der Waals surface area contributed by atoms with Crippen molar-refractivity contribution in [3.63, 3.8) is 0 Å². The van der Waals surface area contributed by atoms with Crippen LogP contribution in [0, 0.1) is 5.92 Å². The fraction of sp³-hybridized carbons (Fsp3) is 0.455. The van der Waals surface area contributed by atoms with Gasteiger partial charge in [0.1, 0.15) is 0 Å². The van der Waals surface area contributed by atoms with Gasteiger partial charge in [-0.3, -0.25) is 4.79 Å². The van der Waals surface area contributed by atoms with Crippen LogP contribution in [-0.2, 0) is 4.74 Å². The fourth-order valence-corrected chi connectivity index (χ4v) is 1.11. The van der Waals surface area contributed by atoms with Gasteiger partial charge in [0.15, 0.2) is 5.76 Å². The summed E-state index contributed by atoms with van der Waals surface area (Å²) < 4.78 is 9.57. The second kappa shape index (κ2) is 4.77. The van der Waals surface area contributed by atoms with Crippen LogP contribution in [-0.4, -0.2) is 18.9 Å². The third kappa shape index (κ3) is 2.46. The van der Waals surface area contributed by atoms with Crippen LogP contribution in [0.1, 0.15) is 41.4 Å². The number of carbonyl (C=O) groups excluding carboxylic acids is 2. The molecule has 15 heavy (non-hydrogen) atoms. The maximum Gasteiger partial charge on any atom is 0.373 e. The molecule has 0 radical (unpaired) electrons. The third-order valence-electron chi connectivity index (χ3n) is 2.30. The van der Waals surface area contributed by atoms with Gasteiger partial charge in [-0.1, -0.05) is 13.8 Å². The molecule has 0 aliphatic rings. The van der Waals surface area contributed by atoms with E-state index >= 15 is 0 Å². The monoisotopic (exact) mass is 210 g/mol. The number of methoxy groups -OCH3 is 1. The van der Waals surface area contributed by atoms with E-state index in [1.807, 2.05) is 13.8 Å². The van der Waals surface area contributed by atoms with Crippen molar-refractivity contribution in [3.8, 4) is 0 Å². The van der Waals surface area contributed by atoms with Gasteiger partial charge < -0.3 is 9.15 Å². The zero-order valence-electron chi connectivity index (χ0n) is 9.07. The van der Waals surface area contributed by atoms with Gasteiger partial charge >= 0.3 is 5.97 Å². The van der Waals surface area contributed by atoms with Crippen LogP contribution in [0.4, 0.5) is 0 Å². The molecule has 4 nitrogen and oxygen atoms in total. The molecule has 0 saturated heterocycles. The lowest BCUT2D eigenvalue weighted by Gasteiger charge is -2.03. The Morgan fingerprint density at radius 1 is 1.40 bits per heavy atom. The maximum absolute atomic E-state index is 11.7. The molecule has 0 aliphatic carbocycles. The minimum absolute atomic E-state index is 0.0594. The molecule has 0 spiro atoms. The van der Waals surface area contributed by atoms with Crippen LogP contribution in [0.5, 0.6) is 0 Å². The van der Waals surface area contributed by atoms with E-state index < -0.39 is 5.97 Å². The molecule has 0 N–H and O–H groups in total. The first-order chi connectivity index (χ1) is 7.10. The Balaban J connectivity index is 2.84. The van der Waals surface area contributed by atoms with Gasteiger partial charge in [0.05, 0.1) is 7.11 Å². The van der Waals surface area contributed by atoms with Crippen LogP contribution in [0.25, 0.3) is 0 Å². The van der Waals surface area contributed by atoms with Gasteiger partial charge in [0.25, 0.3) is 0 Å². The number of furan rings is 1. The molecule has 1 heterocycles. The molecule has 1 atom stereocenters. The van der Waals surface area contributed by atoms with Crippen molar-refractivity contribution in [2.45, 2.75) is 20.3 Å². The van der Waals surface area contributed by atoms with Gasteiger partial charge in [-0.2, -0.15) is 0 Å². The Labute approximate surface area is 88.2 Å². The van der Waals surface area contributed by atoms with Crippen LogP contribution in [0.2, 0.25) is 0 Å². The van der Waals surface area contributed by atoms with Gasteiger partial charge in [0, 0.05) is 5.92 Å². The van der Waals surface area contributed by atoms with Crippen LogP contribution < -0.4 is 0 Å². The highest BCUT2D eigenvalue weighted by Crippen LogP contribution is 2.15. The molecule has 0 saturated carbocycles. The molecule has 1 rings (SSSR count). The second-order valence-corrected chi connectivity index (χ2v) is 3.33. The third-order valence-corrected chi connectivity index (χ3v) is 2.30. The molecule has 4 heteroatoms. The summed E-state index contributed by atoms with van der Waals surface area (Å²) in [4.78, 5) is 22.7. The largest absolute Gasteiger partial charge is 0.463 e. The average molecular weight is 210 g/mol. The first-order valence-electron chi connectivity index (χ1n) is 4.82. The summed E-state index contributed by atoms with van der Waals surface area (Å²) in [5, 5.41) is 0. The van der Waals surface area contributed by atoms with Crippen molar-refractivity contribution < 1.29 is 18.7 Å². The summed E-state index contributed by atoms with van der Waals surface area (Å²) in [5.41, 5.74) is 0. The molecule has 0 fully saturated rings. The number of carbonyl (C=O) groups is 2. The van der Waals surface area contributed by atoms with Gasteiger partial charge in [-0.25, -0.2) is 4.79 Å². The summed E-state index contributed by atoms with van der Waals surface area (Å²) in [6.45, 7) is 3.75.